The summed E-state index contributed by atoms with van der Waals surface area (Å²) in [5.41, 5.74) is 3.74. The molecule has 0 atom stereocenters. The smallest absolute Gasteiger partial charge is 0.274 e. The van der Waals surface area contributed by atoms with Gasteiger partial charge < -0.3 is 9.88 Å². The molecule has 0 amide bonds. The average molecular weight is 388 g/mol. The van der Waals surface area contributed by atoms with Crippen molar-refractivity contribution >= 4 is 52.1 Å². The highest BCUT2D eigenvalue weighted by atomic mass is 35.5. The summed E-state index contributed by atoms with van der Waals surface area (Å²) >= 11 is 11.7. The highest BCUT2D eigenvalue weighted by Crippen LogP contribution is 2.17. The standard InChI is InChI=1S/C20H19Cl2N3O/c21-11-13-25(14-12-22)16-8-5-15(6-9-16)7-10-19-20(26)24-18-4-2-1-3-17(18)23-19/h1-10H,11-14H2,(H,24,26)/b10-7+. The molecule has 0 spiro atoms. The molecule has 1 aromatic heterocycles. The Hall–Kier alpha value is -2.30. The van der Waals surface area contributed by atoms with Gasteiger partial charge in [-0.2, -0.15) is 0 Å². The molecule has 3 rings (SSSR count). The number of aromatic nitrogens is 2. The Kier molecular flexibility index (Phi) is 6.31. The summed E-state index contributed by atoms with van der Waals surface area (Å²) in [7, 11) is 0. The number of aromatic amines is 1. The Morgan fingerprint density at radius 3 is 2.35 bits per heavy atom. The van der Waals surface area contributed by atoms with Gasteiger partial charge in [-0.25, -0.2) is 4.98 Å². The van der Waals surface area contributed by atoms with Crippen LogP contribution in [0.4, 0.5) is 5.69 Å². The lowest BCUT2D eigenvalue weighted by molar-refractivity contribution is 0.874. The summed E-state index contributed by atoms with van der Waals surface area (Å²) in [6, 6.07) is 15.5. The van der Waals surface area contributed by atoms with Gasteiger partial charge in [0.05, 0.1) is 11.0 Å². The molecule has 0 aliphatic carbocycles. The topological polar surface area (TPSA) is 49.0 Å². The van der Waals surface area contributed by atoms with Crippen molar-refractivity contribution in [2.75, 3.05) is 29.7 Å². The molecule has 0 bridgehead atoms. The third-order valence-electron chi connectivity index (χ3n) is 4.03. The maximum Gasteiger partial charge on any atom is 0.274 e. The Balaban J connectivity index is 1.80. The number of hydrogen-bond donors (Lipinski definition) is 1. The van der Waals surface area contributed by atoms with Crippen LogP contribution in [0, 0.1) is 0 Å². The van der Waals surface area contributed by atoms with Crippen LogP contribution in [0.1, 0.15) is 11.3 Å². The zero-order valence-corrected chi connectivity index (χ0v) is 15.7. The van der Waals surface area contributed by atoms with Gasteiger partial charge >= 0.3 is 0 Å². The van der Waals surface area contributed by atoms with Crippen LogP contribution in [0.3, 0.4) is 0 Å². The lowest BCUT2D eigenvalue weighted by atomic mass is 10.1. The van der Waals surface area contributed by atoms with Crippen LogP contribution in [-0.4, -0.2) is 34.8 Å². The van der Waals surface area contributed by atoms with Crippen LogP contribution >= 0.6 is 23.2 Å². The van der Waals surface area contributed by atoms with E-state index in [1.165, 1.54) is 0 Å². The van der Waals surface area contributed by atoms with Gasteiger partial charge in [0.25, 0.3) is 5.56 Å². The van der Waals surface area contributed by atoms with E-state index in [-0.39, 0.29) is 5.56 Å². The van der Waals surface area contributed by atoms with Crippen molar-refractivity contribution in [3.05, 3.63) is 70.1 Å². The lowest BCUT2D eigenvalue weighted by Gasteiger charge is -2.22. The number of H-pyrrole nitrogens is 1. The number of nitrogens with zero attached hydrogens (tertiary/aromatic N) is 2. The fraction of sp³-hybridized carbons (Fsp3) is 0.200. The van der Waals surface area contributed by atoms with Crippen molar-refractivity contribution < 1.29 is 0 Å². The number of nitrogens with one attached hydrogen (secondary N) is 1. The van der Waals surface area contributed by atoms with Crippen LogP contribution in [-0.2, 0) is 0 Å². The molecular weight excluding hydrogens is 369 g/mol. The maximum absolute atomic E-state index is 12.1. The summed E-state index contributed by atoms with van der Waals surface area (Å²) in [6.07, 6.45) is 3.61. The number of hydrogen-bond acceptors (Lipinski definition) is 3. The molecule has 0 unspecified atom stereocenters. The van der Waals surface area contributed by atoms with Crippen LogP contribution in [0.5, 0.6) is 0 Å². The molecule has 1 heterocycles. The number of rotatable bonds is 7. The second kappa shape index (κ2) is 8.88. The monoisotopic (exact) mass is 387 g/mol. The van der Waals surface area contributed by atoms with Gasteiger partial charge in [0.1, 0.15) is 5.69 Å². The first-order valence-corrected chi connectivity index (χ1v) is 9.42. The summed E-state index contributed by atoms with van der Waals surface area (Å²) in [4.78, 5) is 21.5. The normalized spacial score (nSPS) is 11.3. The molecule has 0 saturated heterocycles. The largest absolute Gasteiger partial charge is 0.369 e. The number of anilines is 1. The first-order valence-electron chi connectivity index (χ1n) is 8.35. The maximum atomic E-state index is 12.1. The number of alkyl halides is 2. The summed E-state index contributed by atoms with van der Waals surface area (Å²) < 4.78 is 0. The van der Waals surface area contributed by atoms with Crippen molar-refractivity contribution in [1.29, 1.82) is 0 Å². The van der Waals surface area contributed by atoms with Gasteiger partial charge in [-0.05, 0) is 35.9 Å². The third kappa shape index (κ3) is 4.45. The van der Waals surface area contributed by atoms with Gasteiger partial charge in [0.15, 0.2) is 0 Å². The zero-order valence-electron chi connectivity index (χ0n) is 14.2. The quantitative estimate of drug-likeness (QED) is 0.612. The van der Waals surface area contributed by atoms with Crippen LogP contribution in [0.2, 0.25) is 0 Å². The predicted molar refractivity (Wildman–Crippen MR) is 111 cm³/mol. The minimum absolute atomic E-state index is 0.202. The predicted octanol–water partition coefficient (Wildman–Crippen LogP) is 4.38. The van der Waals surface area contributed by atoms with E-state index in [0.717, 1.165) is 35.4 Å². The summed E-state index contributed by atoms with van der Waals surface area (Å²) in [5.74, 6) is 1.10. The molecule has 1 N–H and O–H groups in total. The van der Waals surface area contributed by atoms with Crippen LogP contribution in [0.15, 0.2) is 53.3 Å². The van der Waals surface area contributed by atoms with E-state index in [1.807, 2.05) is 54.6 Å². The number of para-hydroxylation sites is 2. The van der Waals surface area contributed by atoms with Gasteiger partial charge in [-0.3, -0.25) is 4.79 Å². The molecule has 0 fully saturated rings. The molecule has 0 radical (unpaired) electrons. The molecule has 2 aromatic carbocycles. The van der Waals surface area contributed by atoms with Gasteiger partial charge in [-0.15, -0.1) is 23.2 Å². The first-order chi connectivity index (χ1) is 12.7. The number of benzene rings is 2. The van der Waals surface area contributed by atoms with Gasteiger partial charge in [0, 0.05) is 30.5 Å². The molecule has 4 nitrogen and oxygen atoms in total. The molecule has 0 aliphatic rings. The minimum atomic E-state index is -0.202. The van der Waals surface area contributed by atoms with Crippen molar-refractivity contribution in [1.82, 2.24) is 9.97 Å². The van der Waals surface area contributed by atoms with Crippen molar-refractivity contribution in [3.8, 4) is 0 Å². The first kappa shape index (κ1) is 18.5. The molecule has 3 aromatic rings. The van der Waals surface area contributed by atoms with Gasteiger partial charge in [0.2, 0.25) is 0 Å². The minimum Gasteiger partial charge on any atom is -0.369 e. The molecule has 134 valence electrons. The van der Waals surface area contributed by atoms with E-state index in [1.54, 1.807) is 6.08 Å². The fourth-order valence-corrected chi connectivity index (χ4v) is 3.11. The van der Waals surface area contributed by atoms with Crippen molar-refractivity contribution in [2.45, 2.75) is 0 Å². The number of fused-ring (bicyclic) bond motifs is 1. The summed E-state index contributed by atoms with van der Waals surface area (Å²) in [6.45, 7) is 1.50. The summed E-state index contributed by atoms with van der Waals surface area (Å²) in [5, 5.41) is 0. The van der Waals surface area contributed by atoms with Gasteiger partial charge in [-0.1, -0.05) is 30.3 Å². The highest BCUT2D eigenvalue weighted by Gasteiger charge is 2.05. The average Bonchev–Trinajstić information content (AvgIpc) is 2.66. The van der Waals surface area contributed by atoms with E-state index in [2.05, 4.69) is 14.9 Å². The number of halogens is 2. The molecular formula is C20H19Cl2N3O. The Morgan fingerprint density at radius 1 is 0.962 bits per heavy atom. The molecule has 26 heavy (non-hydrogen) atoms. The van der Waals surface area contributed by atoms with Crippen LogP contribution in [0.25, 0.3) is 23.2 Å². The van der Waals surface area contributed by atoms with Crippen molar-refractivity contribution in [2.24, 2.45) is 0 Å². The van der Waals surface area contributed by atoms with E-state index >= 15 is 0 Å². The third-order valence-corrected chi connectivity index (χ3v) is 4.36. The highest BCUT2D eigenvalue weighted by molar-refractivity contribution is 6.18. The molecule has 0 saturated carbocycles. The van der Waals surface area contributed by atoms with Crippen molar-refractivity contribution in [3.63, 3.8) is 0 Å². The second-order valence-corrected chi connectivity index (χ2v) is 6.51. The zero-order chi connectivity index (χ0) is 18.4. The van der Waals surface area contributed by atoms with E-state index in [4.69, 9.17) is 23.2 Å². The van der Waals surface area contributed by atoms with E-state index in [0.29, 0.717) is 17.5 Å². The Bertz CT molecular complexity index is 945. The Labute approximate surface area is 162 Å². The fourth-order valence-electron chi connectivity index (χ4n) is 2.70. The lowest BCUT2D eigenvalue weighted by Crippen LogP contribution is -2.27. The molecule has 0 aliphatic heterocycles. The Morgan fingerprint density at radius 2 is 1.65 bits per heavy atom. The second-order valence-electron chi connectivity index (χ2n) is 5.76. The van der Waals surface area contributed by atoms with E-state index in [9.17, 15) is 4.79 Å². The SMILES string of the molecule is O=c1[nH]c2ccccc2nc1/C=C/c1ccc(N(CCCl)CCCl)cc1. The van der Waals surface area contributed by atoms with E-state index < -0.39 is 0 Å². The molecule has 6 heteroatoms. The van der Waals surface area contributed by atoms with Crippen LogP contribution < -0.4 is 10.5 Å².